The zero-order valence-corrected chi connectivity index (χ0v) is 17.7. The largest absolute Gasteiger partial charge is 0.375 e. The number of amides is 1. The van der Waals surface area contributed by atoms with E-state index >= 15 is 0 Å². The lowest BCUT2D eigenvalue weighted by atomic mass is 10.2. The molecule has 0 aliphatic carbocycles. The van der Waals surface area contributed by atoms with E-state index in [1.54, 1.807) is 11.8 Å². The van der Waals surface area contributed by atoms with Crippen molar-refractivity contribution in [3.63, 3.8) is 0 Å². The van der Waals surface area contributed by atoms with Gasteiger partial charge in [0, 0.05) is 12.3 Å². The summed E-state index contributed by atoms with van der Waals surface area (Å²) in [5, 5.41) is 15.0. The summed E-state index contributed by atoms with van der Waals surface area (Å²) < 4.78 is 1.65. The molecule has 10 heteroatoms. The maximum atomic E-state index is 11.7. The number of carbonyl (C=O) groups is 1. The van der Waals surface area contributed by atoms with Crippen LogP contribution in [0.4, 0.5) is 0 Å². The highest BCUT2D eigenvalue weighted by Gasteiger charge is 2.08. The van der Waals surface area contributed by atoms with Crippen LogP contribution in [0.25, 0.3) is 0 Å². The fourth-order valence-electron chi connectivity index (χ4n) is 1.69. The number of hydrogen-bond donors (Lipinski definition) is 2. The lowest BCUT2D eigenvalue weighted by molar-refractivity contribution is -0.118. The molecule has 0 aliphatic heterocycles. The fourth-order valence-corrected chi connectivity index (χ4v) is 4.65. The molecule has 2 rings (SSSR count). The average Bonchev–Trinajstić information content (AvgIpc) is 3.08. The normalized spacial score (nSPS) is 10.8. The maximum absolute atomic E-state index is 11.7. The molecule has 0 bridgehead atoms. The second kappa shape index (κ2) is 11.3. The molecule has 2 N–H and O–H groups in total. The topological polar surface area (TPSA) is 79.3 Å². The minimum absolute atomic E-state index is 0.213. The molecular weight excluding hydrogens is 406 g/mol. The number of nitrogens with zero attached hydrogens (tertiary/aromatic N) is 3. The van der Waals surface area contributed by atoms with E-state index in [1.807, 2.05) is 6.92 Å². The van der Waals surface area contributed by atoms with E-state index in [2.05, 4.69) is 57.2 Å². The van der Waals surface area contributed by atoms with Crippen molar-refractivity contribution in [2.24, 2.45) is 5.10 Å². The summed E-state index contributed by atoms with van der Waals surface area (Å²) in [7, 11) is 0. The average molecular weight is 426 g/mol. The minimum atomic E-state index is -0.213. The number of carbonyl (C=O) groups excluding carboxylic acids is 1. The molecule has 1 heterocycles. The molecule has 1 aromatic carbocycles. The first-order chi connectivity index (χ1) is 12.6. The highest BCUT2D eigenvalue weighted by atomic mass is 32.2. The highest BCUT2D eigenvalue weighted by molar-refractivity contribution is 8.03. The molecule has 138 valence electrons. The van der Waals surface area contributed by atoms with Crippen LogP contribution >= 0.6 is 47.1 Å². The summed E-state index contributed by atoms with van der Waals surface area (Å²) in [6.45, 7) is 4.73. The number of aromatic nitrogens is 2. The third-order valence-electron chi connectivity index (χ3n) is 2.92. The van der Waals surface area contributed by atoms with Crippen LogP contribution in [0.3, 0.4) is 0 Å². The smallest absolute Gasteiger partial charge is 0.250 e. The number of thiocarbonyl (C=S) groups is 1. The van der Waals surface area contributed by atoms with Crippen molar-refractivity contribution in [1.82, 2.24) is 20.9 Å². The van der Waals surface area contributed by atoms with Crippen LogP contribution in [0.2, 0.25) is 0 Å². The van der Waals surface area contributed by atoms with Gasteiger partial charge in [-0.25, -0.2) is 5.43 Å². The Morgan fingerprint density at radius 1 is 1.27 bits per heavy atom. The van der Waals surface area contributed by atoms with E-state index in [1.165, 1.54) is 40.4 Å². The van der Waals surface area contributed by atoms with Gasteiger partial charge in [-0.2, -0.15) is 5.10 Å². The predicted octanol–water partition coefficient (Wildman–Crippen LogP) is 3.27. The second-order valence-corrected chi connectivity index (χ2v) is 8.95. The number of aryl methyl sites for hydroxylation is 1. The lowest BCUT2D eigenvalue weighted by Gasteiger charge is -1.99. The van der Waals surface area contributed by atoms with Crippen LogP contribution < -0.4 is 10.7 Å². The van der Waals surface area contributed by atoms with Gasteiger partial charge < -0.3 is 5.32 Å². The van der Waals surface area contributed by atoms with E-state index in [0.29, 0.717) is 4.99 Å². The zero-order valence-electron chi connectivity index (χ0n) is 14.4. The van der Waals surface area contributed by atoms with E-state index in [9.17, 15) is 4.79 Å². The Hall–Kier alpha value is -1.49. The second-order valence-electron chi connectivity index (χ2n) is 5.08. The van der Waals surface area contributed by atoms with Gasteiger partial charge in [-0.05, 0) is 19.4 Å². The van der Waals surface area contributed by atoms with Gasteiger partial charge in [0.2, 0.25) is 0 Å². The van der Waals surface area contributed by atoms with Crippen LogP contribution in [-0.4, -0.2) is 39.6 Å². The summed E-state index contributed by atoms with van der Waals surface area (Å²) in [6, 6.07) is 8.43. The first kappa shape index (κ1) is 20.8. The third-order valence-corrected chi connectivity index (χ3v) is 6.43. The minimum Gasteiger partial charge on any atom is -0.375 e. The molecule has 0 aliphatic rings. The number of hydrogen-bond acceptors (Lipinski definition) is 8. The van der Waals surface area contributed by atoms with Crippen molar-refractivity contribution in [3.8, 4) is 0 Å². The quantitative estimate of drug-likeness (QED) is 0.276. The summed E-state index contributed by atoms with van der Waals surface area (Å²) in [4.78, 5) is 12.2. The van der Waals surface area contributed by atoms with Crippen molar-refractivity contribution in [2.45, 2.75) is 28.3 Å². The molecule has 0 radical (unpaired) electrons. The Kier molecular flexibility index (Phi) is 9.02. The third kappa shape index (κ3) is 7.81. The molecule has 0 unspecified atom stereocenters. The predicted molar refractivity (Wildman–Crippen MR) is 114 cm³/mol. The molecule has 1 amide bonds. The van der Waals surface area contributed by atoms with Crippen LogP contribution in [0.15, 0.2) is 38.0 Å². The van der Waals surface area contributed by atoms with Crippen molar-refractivity contribution < 1.29 is 4.79 Å². The van der Waals surface area contributed by atoms with Gasteiger partial charge in [0.25, 0.3) is 5.91 Å². The van der Waals surface area contributed by atoms with Crippen LogP contribution in [-0.2, 0) is 10.5 Å². The van der Waals surface area contributed by atoms with Gasteiger partial charge in [0.1, 0.15) is 4.99 Å². The van der Waals surface area contributed by atoms with E-state index in [-0.39, 0.29) is 11.7 Å². The summed E-state index contributed by atoms with van der Waals surface area (Å²) in [5.74, 6) is 0.859. The highest BCUT2D eigenvalue weighted by Crippen LogP contribution is 2.30. The molecule has 1 aromatic heterocycles. The molecule has 26 heavy (non-hydrogen) atoms. The van der Waals surface area contributed by atoms with Crippen LogP contribution in [0, 0.1) is 6.92 Å². The lowest BCUT2D eigenvalue weighted by Crippen LogP contribution is -2.25. The van der Waals surface area contributed by atoms with Gasteiger partial charge in [-0.3, -0.25) is 4.79 Å². The number of hydrazone groups is 1. The SMILES string of the molecule is CCNC(=S)/C=N\NC(=O)CSc1nnc(SCc2ccc(C)cc2)s1. The maximum Gasteiger partial charge on any atom is 0.250 e. The zero-order chi connectivity index (χ0) is 18.8. The van der Waals surface area contributed by atoms with Crippen LogP contribution in [0.5, 0.6) is 0 Å². The van der Waals surface area contributed by atoms with Crippen molar-refractivity contribution >= 4 is 64.2 Å². The number of thioether (sulfide) groups is 2. The fraction of sp³-hybridized carbons (Fsp3) is 0.312. The van der Waals surface area contributed by atoms with E-state index in [4.69, 9.17) is 12.2 Å². The Labute approximate surface area is 170 Å². The molecule has 0 fully saturated rings. The van der Waals surface area contributed by atoms with Crippen LogP contribution in [0.1, 0.15) is 18.1 Å². The number of nitrogens with one attached hydrogen (secondary N) is 2. The van der Waals surface area contributed by atoms with Gasteiger partial charge in [-0.1, -0.05) is 76.9 Å². The Morgan fingerprint density at radius 2 is 1.96 bits per heavy atom. The Morgan fingerprint density at radius 3 is 2.65 bits per heavy atom. The van der Waals surface area contributed by atoms with Gasteiger partial charge in [-0.15, -0.1) is 10.2 Å². The van der Waals surface area contributed by atoms with Gasteiger partial charge >= 0.3 is 0 Å². The molecule has 0 saturated heterocycles. The van der Waals surface area contributed by atoms with Crippen molar-refractivity contribution in [3.05, 3.63) is 35.4 Å². The number of benzene rings is 1. The molecule has 6 nitrogen and oxygen atoms in total. The van der Waals surface area contributed by atoms with Gasteiger partial charge in [0.15, 0.2) is 8.68 Å². The summed E-state index contributed by atoms with van der Waals surface area (Å²) in [6.07, 6.45) is 1.41. The van der Waals surface area contributed by atoms with Crippen molar-refractivity contribution in [2.75, 3.05) is 12.3 Å². The molecule has 2 aromatic rings. The molecule has 0 saturated carbocycles. The Balaban J connectivity index is 1.71. The first-order valence-electron chi connectivity index (χ1n) is 7.81. The Bertz CT molecular complexity index is 760. The summed E-state index contributed by atoms with van der Waals surface area (Å²) >= 11 is 9.45. The first-order valence-corrected chi connectivity index (χ1v) is 11.0. The van der Waals surface area contributed by atoms with E-state index in [0.717, 1.165) is 21.0 Å². The standard InChI is InChI=1S/C16H19N5OS4/c1-3-17-14(23)8-18-19-13(22)10-25-16-21-20-15(26-16)24-9-12-6-4-11(2)5-7-12/h4-8H,3,9-10H2,1-2H3,(H,17,23)(H,19,22)/b18-8-. The van der Waals surface area contributed by atoms with Crippen molar-refractivity contribution in [1.29, 1.82) is 0 Å². The summed E-state index contributed by atoms with van der Waals surface area (Å²) in [5.41, 5.74) is 4.93. The van der Waals surface area contributed by atoms with Gasteiger partial charge in [0.05, 0.1) is 12.0 Å². The molecule has 0 spiro atoms. The monoisotopic (exact) mass is 425 g/mol. The number of rotatable bonds is 9. The van der Waals surface area contributed by atoms with E-state index < -0.39 is 0 Å². The molecule has 0 atom stereocenters. The molecular formula is C16H19N5OS4.